The first-order chi connectivity index (χ1) is 9.24. The van der Waals surface area contributed by atoms with Crippen molar-refractivity contribution in [2.24, 2.45) is 5.92 Å². The van der Waals surface area contributed by atoms with Crippen LogP contribution in [0.1, 0.15) is 30.4 Å². The van der Waals surface area contributed by atoms with Gasteiger partial charge in [0.05, 0.1) is 6.54 Å². The maximum Gasteiger partial charge on any atom is 0.240 e. The summed E-state index contributed by atoms with van der Waals surface area (Å²) in [6, 6.07) is 6.45. The summed E-state index contributed by atoms with van der Waals surface area (Å²) in [4.78, 5) is 14.3. The Hall–Kier alpha value is -1.35. The summed E-state index contributed by atoms with van der Waals surface area (Å²) >= 11 is 0. The Morgan fingerprint density at radius 2 is 2.26 bits per heavy atom. The molecule has 1 heterocycles. The van der Waals surface area contributed by atoms with Gasteiger partial charge < -0.3 is 10.2 Å². The molecule has 1 N–H and O–H groups in total. The fourth-order valence-corrected chi connectivity index (χ4v) is 2.74. The molecule has 0 unspecified atom stereocenters. The molecule has 0 aromatic heterocycles. The normalized spacial score (nSPS) is 18.3. The zero-order chi connectivity index (χ0) is 13.2. The highest BCUT2D eigenvalue weighted by Gasteiger charge is 2.24. The van der Waals surface area contributed by atoms with E-state index in [1.165, 1.54) is 24.0 Å². The van der Waals surface area contributed by atoms with Crippen molar-refractivity contribution in [1.82, 2.24) is 5.32 Å². The van der Waals surface area contributed by atoms with Gasteiger partial charge in [0.15, 0.2) is 0 Å². The number of carbonyl (C=O) groups excluding carboxylic acids is 1. The van der Waals surface area contributed by atoms with Crippen LogP contribution in [0.2, 0.25) is 0 Å². The number of hydrogen-bond acceptors (Lipinski definition) is 2. The third-order valence-electron chi connectivity index (χ3n) is 4.07. The SMILES string of the molecule is Cc1ccc2c(c1)N(C(=O)CNCC1CC1)CCC2. The molecule has 1 amide bonds. The van der Waals surface area contributed by atoms with Crippen LogP contribution in [0.4, 0.5) is 5.69 Å². The van der Waals surface area contributed by atoms with Gasteiger partial charge in [0.25, 0.3) is 0 Å². The molecule has 102 valence electrons. The van der Waals surface area contributed by atoms with Gasteiger partial charge in [0, 0.05) is 12.2 Å². The Balaban J connectivity index is 1.67. The smallest absolute Gasteiger partial charge is 0.240 e. The molecule has 1 fully saturated rings. The van der Waals surface area contributed by atoms with Gasteiger partial charge >= 0.3 is 0 Å². The van der Waals surface area contributed by atoms with Crippen molar-refractivity contribution in [3.63, 3.8) is 0 Å². The zero-order valence-electron chi connectivity index (χ0n) is 11.6. The summed E-state index contributed by atoms with van der Waals surface area (Å²) in [7, 11) is 0. The van der Waals surface area contributed by atoms with E-state index in [1.807, 2.05) is 4.90 Å². The highest BCUT2D eigenvalue weighted by molar-refractivity contribution is 5.96. The van der Waals surface area contributed by atoms with E-state index >= 15 is 0 Å². The first-order valence-corrected chi connectivity index (χ1v) is 7.34. The third kappa shape index (κ3) is 2.98. The molecule has 1 aromatic rings. The number of aryl methyl sites for hydroxylation is 2. The molecule has 0 atom stereocenters. The van der Waals surface area contributed by atoms with Crippen molar-refractivity contribution in [3.05, 3.63) is 29.3 Å². The van der Waals surface area contributed by atoms with E-state index in [4.69, 9.17) is 0 Å². The van der Waals surface area contributed by atoms with Gasteiger partial charge in [-0.05, 0) is 62.3 Å². The quantitative estimate of drug-likeness (QED) is 0.898. The zero-order valence-corrected chi connectivity index (χ0v) is 11.6. The number of amides is 1. The molecule has 3 rings (SSSR count). The minimum atomic E-state index is 0.215. The van der Waals surface area contributed by atoms with Crippen LogP contribution >= 0.6 is 0 Å². The molecular formula is C16H22N2O. The maximum absolute atomic E-state index is 12.3. The average Bonchev–Trinajstić information content (AvgIpc) is 3.22. The molecule has 1 aromatic carbocycles. The number of fused-ring (bicyclic) bond motifs is 1. The van der Waals surface area contributed by atoms with Crippen LogP contribution in [-0.2, 0) is 11.2 Å². The van der Waals surface area contributed by atoms with Crippen LogP contribution in [0.15, 0.2) is 18.2 Å². The fourth-order valence-electron chi connectivity index (χ4n) is 2.74. The maximum atomic E-state index is 12.3. The van der Waals surface area contributed by atoms with Crippen molar-refractivity contribution in [1.29, 1.82) is 0 Å². The molecular weight excluding hydrogens is 236 g/mol. The molecule has 2 aliphatic rings. The Kier molecular flexibility index (Phi) is 3.56. The van der Waals surface area contributed by atoms with Crippen molar-refractivity contribution in [3.8, 4) is 0 Å². The van der Waals surface area contributed by atoms with Crippen LogP contribution in [-0.4, -0.2) is 25.5 Å². The van der Waals surface area contributed by atoms with Gasteiger partial charge in [0.1, 0.15) is 0 Å². The molecule has 1 aliphatic heterocycles. The Labute approximate surface area is 115 Å². The van der Waals surface area contributed by atoms with E-state index in [9.17, 15) is 4.79 Å². The molecule has 19 heavy (non-hydrogen) atoms. The Morgan fingerprint density at radius 3 is 3.05 bits per heavy atom. The molecule has 0 bridgehead atoms. The number of anilines is 1. The van der Waals surface area contributed by atoms with Crippen LogP contribution in [0.5, 0.6) is 0 Å². The van der Waals surface area contributed by atoms with Crippen LogP contribution < -0.4 is 10.2 Å². The van der Waals surface area contributed by atoms with Crippen molar-refractivity contribution in [2.45, 2.75) is 32.6 Å². The first kappa shape index (κ1) is 12.7. The Bertz CT molecular complexity index is 480. The lowest BCUT2D eigenvalue weighted by Gasteiger charge is -2.30. The average molecular weight is 258 g/mol. The summed E-state index contributed by atoms with van der Waals surface area (Å²) in [6.07, 6.45) is 4.82. The van der Waals surface area contributed by atoms with Crippen LogP contribution in [0.25, 0.3) is 0 Å². The van der Waals surface area contributed by atoms with Gasteiger partial charge in [-0.1, -0.05) is 12.1 Å². The van der Waals surface area contributed by atoms with Crippen LogP contribution in [0.3, 0.4) is 0 Å². The monoisotopic (exact) mass is 258 g/mol. The number of rotatable bonds is 4. The third-order valence-corrected chi connectivity index (χ3v) is 4.07. The van der Waals surface area contributed by atoms with E-state index in [0.29, 0.717) is 6.54 Å². The number of benzene rings is 1. The second-order valence-corrected chi connectivity index (χ2v) is 5.86. The van der Waals surface area contributed by atoms with E-state index < -0.39 is 0 Å². The highest BCUT2D eigenvalue weighted by atomic mass is 16.2. The van der Waals surface area contributed by atoms with Gasteiger partial charge in [-0.3, -0.25) is 4.79 Å². The highest BCUT2D eigenvalue weighted by Crippen LogP contribution is 2.29. The molecule has 0 saturated heterocycles. The number of nitrogens with one attached hydrogen (secondary N) is 1. The van der Waals surface area contributed by atoms with Gasteiger partial charge in [-0.2, -0.15) is 0 Å². The molecule has 0 spiro atoms. The summed E-state index contributed by atoms with van der Waals surface area (Å²) in [5.41, 5.74) is 3.67. The van der Waals surface area contributed by atoms with Gasteiger partial charge in [-0.25, -0.2) is 0 Å². The van der Waals surface area contributed by atoms with E-state index in [-0.39, 0.29) is 5.91 Å². The van der Waals surface area contributed by atoms with Crippen LogP contribution in [0, 0.1) is 12.8 Å². The van der Waals surface area contributed by atoms with Crippen molar-refractivity contribution >= 4 is 11.6 Å². The predicted octanol–water partition coefficient (Wildman–Crippen LogP) is 2.27. The largest absolute Gasteiger partial charge is 0.311 e. The molecule has 1 saturated carbocycles. The molecule has 3 nitrogen and oxygen atoms in total. The summed E-state index contributed by atoms with van der Waals surface area (Å²) in [6.45, 7) is 4.42. The van der Waals surface area contributed by atoms with Crippen molar-refractivity contribution in [2.75, 3.05) is 24.5 Å². The molecule has 3 heteroatoms. The second kappa shape index (κ2) is 5.33. The first-order valence-electron chi connectivity index (χ1n) is 7.34. The minimum Gasteiger partial charge on any atom is -0.311 e. The van der Waals surface area contributed by atoms with E-state index in [0.717, 1.165) is 37.5 Å². The lowest BCUT2D eigenvalue weighted by Crippen LogP contribution is -2.41. The fraction of sp³-hybridized carbons (Fsp3) is 0.562. The molecule has 0 radical (unpaired) electrons. The number of hydrogen-bond donors (Lipinski definition) is 1. The lowest BCUT2D eigenvalue weighted by atomic mass is 10.00. The van der Waals surface area contributed by atoms with Gasteiger partial charge in [0.2, 0.25) is 5.91 Å². The standard InChI is InChI=1S/C16H22N2O/c1-12-4-7-14-3-2-8-18(15(14)9-12)16(19)11-17-10-13-5-6-13/h4,7,9,13,17H,2-3,5-6,8,10-11H2,1H3. The van der Waals surface area contributed by atoms with E-state index in [2.05, 4.69) is 30.4 Å². The minimum absolute atomic E-state index is 0.215. The topological polar surface area (TPSA) is 32.3 Å². The van der Waals surface area contributed by atoms with E-state index in [1.54, 1.807) is 0 Å². The summed E-state index contributed by atoms with van der Waals surface area (Å²) in [5, 5.41) is 3.30. The predicted molar refractivity (Wildman–Crippen MR) is 77.4 cm³/mol. The lowest BCUT2D eigenvalue weighted by molar-refractivity contribution is -0.117. The molecule has 1 aliphatic carbocycles. The second-order valence-electron chi connectivity index (χ2n) is 5.86. The number of carbonyl (C=O) groups is 1. The number of nitrogens with zero attached hydrogens (tertiary/aromatic N) is 1. The van der Waals surface area contributed by atoms with Crippen molar-refractivity contribution < 1.29 is 4.79 Å². The summed E-state index contributed by atoms with van der Waals surface area (Å²) < 4.78 is 0. The Morgan fingerprint density at radius 1 is 1.42 bits per heavy atom. The summed E-state index contributed by atoms with van der Waals surface area (Å²) in [5.74, 6) is 1.04. The van der Waals surface area contributed by atoms with Gasteiger partial charge in [-0.15, -0.1) is 0 Å².